The van der Waals surface area contributed by atoms with Crippen LogP contribution in [0.15, 0.2) is 84.9 Å². The summed E-state index contributed by atoms with van der Waals surface area (Å²) < 4.78 is 4.19. The number of hydrogen-bond donors (Lipinski definition) is 1. The van der Waals surface area contributed by atoms with Gasteiger partial charge in [0.15, 0.2) is 0 Å². The summed E-state index contributed by atoms with van der Waals surface area (Å²) in [6, 6.07) is 30.3. The molecule has 29 heavy (non-hydrogen) atoms. The Labute approximate surface area is 168 Å². The van der Waals surface area contributed by atoms with Crippen LogP contribution < -0.4 is 5.84 Å². The lowest BCUT2D eigenvalue weighted by molar-refractivity contribution is 0.827. The molecule has 0 saturated carbocycles. The second kappa shape index (κ2) is 5.89. The van der Waals surface area contributed by atoms with E-state index in [2.05, 4.69) is 90.4 Å². The van der Waals surface area contributed by atoms with Gasteiger partial charge in [-0.3, -0.25) is 4.68 Å². The van der Waals surface area contributed by atoms with Crippen LogP contribution in [-0.4, -0.2) is 9.24 Å². The molecule has 0 atom stereocenters. The molecule has 0 amide bonds. The van der Waals surface area contributed by atoms with Crippen molar-refractivity contribution < 1.29 is 0 Å². The Bertz CT molecular complexity index is 1550. The first-order valence-corrected chi connectivity index (χ1v) is 10.1. The molecule has 0 radical (unpaired) electrons. The second-order valence-electron chi connectivity index (χ2n) is 7.58. The molecule has 3 nitrogen and oxygen atoms in total. The summed E-state index contributed by atoms with van der Waals surface area (Å²) in [5.41, 5.74) is 7.17. The van der Waals surface area contributed by atoms with Gasteiger partial charge in [0.2, 0.25) is 0 Å². The lowest BCUT2D eigenvalue weighted by atomic mass is 9.98. The Morgan fingerprint density at radius 2 is 1.34 bits per heavy atom. The highest BCUT2D eigenvalue weighted by atomic mass is 15.3. The summed E-state index contributed by atoms with van der Waals surface area (Å²) in [6.45, 7) is 3.16. The van der Waals surface area contributed by atoms with E-state index in [1.54, 1.807) is 4.68 Å². The smallest absolute Gasteiger partial charge is 0.0704 e. The van der Waals surface area contributed by atoms with Crippen LogP contribution >= 0.6 is 0 Å². The molecule has 2 aromatic heterocycles. The van der Waals surface area contributed by atoms with Gasteiger partial charge < -0.3 is 10.4 Å². The van der Waals surface area contributed by atoms with Gasteiger partial charge in [-0.15, -0.1) is 0 Å². The zero-order valence-corrected chi connectivity index (χ0v) is 16.3. The van der Waals surface area contributed by atoms with Crippen molar-refractivity contribution in [3.8, 4) is 11.1 Å². The van der Waals surface area contributed by atoms with E-state index in [-0.39, 0.29) is 0 Å². The highest BCUT2D eigenvalue weighted by molar-refractivity contribution is 6.16. The molecular formula is C26H21N3. The van der Waals surface area contributed by atoms with Crippen LogP contribution in [0.2, 0.25) is 0 Å². The summed E-state index contributed by atoms with van der Waals surface area (Å²) in [5, 5.41) is 5.01. The highest BCUT2D eigenvalue weighted by Gasteiger charge is 2.15. The number of nitrogens with two attached hydrogens (primary N) is 1. The summed E-state index contributed by atoms with van der Waals surface area (Å²) in [7, 11) is 0. The molecule has 0 saturated heterocycles. The van der Waals surface area contributed by atoms with Crippen molar-refractivity contribution >= 4 is 43.6 Å². The average molecular weight is 375 g/mol. The number of fused-ring (bicyclic) bond motifs is 6. The van der Waals surface area contributed by atoms with Crippen molar-refractivity contribution in [2.45, 2.75) is 13.5 Å². The number of nitrogens with zero attached hydrogens (tertiary/aromatic N) is 2. The Kier molecular flexibility index (Phi) is 3.30. The van der Waals surface area contributed by atoms with Crippen LogP contribution in [0.5, 0.6) is 0 Å². The third-order valence-electron chi connectivity index (χ3n) is 6.13. The van der Waals surface area contributed by atoms with Crippen LogP contribution in [0.3, 0.4) is 0 Å². The maximum Gasteiger partial charge on any atom is 0.0704 e. The van der Waals surface area contributed by atoms with E-state index in [9.17, 15) is 0 Å². The summed E-state index contributed by atoms with van der Waals surface area (Å²) in [4.78, 5) is 0. The molecule has 140 valence electrons. The summed E-state index contributed by atoms with van der Waals surface area (Å²) >= 11 is 0. The first-order valence-electron chi connectivity index (χ1n) is 10.1. The van der Waals surface area contributed by atoms with Crippen LogP contribution in [0.4, 0.5) is 0 Å². The van der Waals surface area contributed by atoms with Gasteiger partial charge in [-0.2, -0.15) is 0 Å². The van der Waals surface area contributed by atoms with Gasteiger partial charge in [-0.05, 0) is 48.4 Å². The minimum Gasteiger partial charge on any atom is -0.341 e. The molecule has 0 aliphatic carbocycles. The fourth-order valence-electron chi connectivity index (χ4n) is 4.85. The van der Waals surface area contributed by atoms with E-state index >= 15 is 0 Å². The monoisotopic (exact) mass is 375 g/mol. The molecule has 0 spiro atoms. The molecule has 4 aromatic carbocycles. The van der Waals surface area contributed by atoms with Crippen LogP contribution in [0.1, 0.15) is 6.92 Å². The van der Waals surface area contributed by atoms with Gasteiger partial charge >= 0.3 is 0 Å². The lowest BCUT2D eigenvalue weighted by Gasteiger charge is -2.07. The van der Waals surface area contributed by atoms with Crippen molar-refractivity contribution in [3.05, 3.63) is 84.9 Å². The number of nitrogen functional groups attached to an aromatic ring is 1. The maximum absolute atomic E-state index is 6.36. The van der Waals surface area contributed by atoms with Gasteiger partial charge in [0.1, 0.15) is 0 Å². The van der Waals surface area contributed by atoms with Crippen molar-refractivity contribution in [1.82, 2.24) is 9.24 Å². The number of hydrogen-bond acceptors (Lipinski definition) is 1. The molecule has 6 rings (SSSR count). The van der Waals surface area contributed by atoms with E-state index in [1.165, 1.54) is 43.7 Å². The Balaban J connectivity index is 1.73. The fraction of sp³-hybridized carbons (Fsp3) is 0.0769. The lowest BCUT2D eigenvalue weighted by Crippen LogP contribution is -2.06. The van der Waals surface area contributed by atoms with Gasteiger partial charge in [0, 0.05) is 39.1 Å². The Hall–Kier alpha value is -3.72. The molecule has 2 heterocycles. The molecule has 2 N–H and O–H groups in total. The van der Waals surface area contributed by atoms with Gasteiger partial charge in [-0.25, -0.2) is 0 Å². The van der Waals surface area contributed by atoms with Gasteiger partial charge in [-0.1, -0.05) is 54.6 Å². The minimum atomic E-state index is 0.952. The normalized spacial score (nSPS) is 11.9. The maximum atomic E-state index is 6.36. The van der Waals surface area contributed by atoms with Crippen LogP contribution in [0, 0.1) is 0 Å². The molecular weight excluding hydrogens is 354 g/mol. The third-order valence-corrected chi connectivity index (χ3v) is 6.13. The average Bonchev–Trinajstić information content (AvgIpc) is 3.26. The van der Waals surface area contributed by atoms with E-state index in [0.717, 1.165) is 17.6 Å². The van der Waals surface area contributed by atoms with E-state index in [1.807, 2.05) is 6.07 Å². The molecule has 0 aliphatic rings. The molecule has 0 fully saturated rings. The SMILES string of the molecule is CCn1c2ccccc2c2c(-c3ccc4c(c3)c3ccccc3n4N)cccc21. The first kappa shape index (κ1) is 16.3. The van der Waals surface area contributed by atoms with Gasteiger partial charge in [0.25, 0.3) is 0 Å². The fourth-order valence-corrected chi connectivity index (χ4v) is 4.85. The first-order chi connectivity index (χ1) is 14.3. The zero-order valence-electron chi connectivity index (χ0n) is 16.3. The topological polar surface area (TPSA) is 35.9 Å². The molecule has 0 bridgehead atoms. The highest BCUT2D eigenvalue weighted by Crippen LogP contribution is 2.38. The Morgan fingerprint density at radius 3 is 2.17 bits per heavy atom. The predicted molar refractivity (Wildman–Crippen MR) is 124 cm³/mol. The largest absolute Gasteiger partial charge is 0.341 e. The summed E-state index contributed by atoms with van der Waals surface area (Å²) in [5.74, 6) is 6.36. The summed E-state index contributed by atoms with van der Waals surface area (Å²) in [6.07, 6.45) is 0. The van der Waals surface area contributed by atoms with Crippen molar-refractivity contribution in [1.29, 1.82) is 0 Å². The minimum absolute atomic E-state index is 0.952. The number of aryl methyl sites for hydroxylation is 1. The number of para-hydroxylation sites is 2. The number of aromatic nitrogens is 2. The van der Waals surface area contributed by atoms with Crippen LogP contribution in [-0.2, 0) is 6.54 Å². The molecule has 0 unspecified atom stereocenters. The van der Waals surface area contributed by atoms with Crippen molar-refractivity contribution in [2.24, 2.45) is 0 Å². The molecule has 6 aromatic rings. The van der Waals surface area contributed by atoms with Gasteiger partial charge in [0.05, 0.1) is 11.0 Å². The van der Waals surface area contributed by atoms with Crippen molar-refractivity contribution in [3.63, 3.8) is 0 Å². The van der Waals surface area contributed by atoms with E-state index < -0.39 is 0 Å². The number of benzene rings is 4. The molecule has 3 heteroatoms. The predicted octanol–water partition coefficient (Wildman–Crippen LogP) is 6.30. The third kappa shape index (κ3) is 2.13. The number of rotatable bonds is 2. The standard InChI is InChI=1S/C26H21N3/c1-2-28-22-11-5-4-9-20(22)26-18(10-7-13-25(26)28)17-14-15-24-21(16-17)19-8-3-6-12-23(19)29(24)27/h3-16H,2,27H2,1H3. The second-order valence-corrected chi connectivity index (χ2v) is 7.58. The zero-order chi connectivity index (χ0) is 19.5. The molecule has 0 aliphatic heterocycles. The quantitative estimate of drug-likeness (QED) is 0.354. The Morgan fingerprint density at radius 1 is 0.655 bits per heavy atom. The van der Waals surface area contributed by atoms with Crippen LogP contribution in [0.25, 0.3) is 54.7 Å². The van der Waals surface area contributed by atoms with E-state index in [0.29, 0.717) is 0 Å². The van der Waals surface area contributed by atoms with E-state index in [4.69, 9.17) is 5.84 Å². The van der Waals surface area contributed by atoms with Crippen molar-refractivity contribution in [2.75, 3.05) is 5.84 Å².